The average Bonchev–Trinajstić information content (AvgIpc) is 3.13. The van der Waals surface area contributed by atoms with Gasteiger partial charge in [0.1, 0.15) is 5.00 Å². The van der Waals surface area contributed by atoms with Crippen molar-refractivity contribution < 1.29 is 14.3 Å². The van der Waals surface area contributed by atoms with E-state index < -0.39 is 5.91 Å². The minimum Gasteiger partial charge on any atom is -0.454 e. The molecule has 4 rings (SSSR count). The van der Waals surface area contributed by atoms with Crippen LogP contribution in [0.4, 0.5) is 10.1 Å². The van der Waals surface area contributed by atoms with Crippen LogP contribution in [0.1, 0.15) is 10.4 Å². The van der Waals surface area contributed by atoms with E-state index in [2.05, 4.69) is 10.3 Å². The van der Waals surface area contributed by atoms with Gasteiger partial charge in [0.25, 0.3) is 5.91 Å². The number of nitrogens with zero attached hydrogens (tertiary/aromatic N) is 1. The van der Waals surface area contributed by atoms with Gasteiger partial charge in [0.2, 0.25) is 6.79 Å². The SMILES string of the molecule is NC(=O)c1ccsc1Nc1nc2cc3c(cc2s1)OCO3. The molecule has 1 aliphatic heterocycles. The monoisotopic (exact) mass is 319 g/mol. The fraction of sp³-hybridized carbons (Fsp3) is 0.0769. The maximum atomic E-state index is 11.3. The molecule has 3 heterocycles. The predicted octanol–water partition coefficient (Wildman–Crippen LogP) is 2.93. The van der Waals surface area contributed by atoms with Gasteiger partial charge in [-0.25, -0.2) is 4.98 Å². The standard InChI is InChI=1S/C13H9N3O3S2/c14-11(17)6-1-2-20-12(6)16-13-15-7-3-8-9(19-5-18-8)4-10(7)21-13/h1-4H,5H2,(H2,14,17)(H,15,16). The second kappa shape index (κ2) is 4.61. The molecule has 0 spiro atoms. The lowest BCUT2D eigenvalue weighted by Gasteiger charge is -2.00. The van der Waals surface area contributed by atoms with Crippen LogP contribution in [0.2, 0.25) is 0 Å². The average molecular weight is 319 g/mol. The van der Waals surface area contributed by atoms with Crippen LogP contribution >= 0.6 is 22.7 Å². The molecule has 21 heavy (non-hydrogen) atoms. The molecular formula is C13H9N3O3S2. The number of hydrogen-bond donors (Lipinski definition) is 2. The maximum Gasteiger partial charge on any atom is 0.251 e. The highest BCUT2D eigenvalue weighted by atomic mass is 32.1. The quantitative estimate of drug-likeness (QED) is 0.775. The topological polar surface area (TPSA) is 86.5 Å². The molecule has 0 unspecified atom stereocenters. The molecule has 0 aliphatic carbocycles. The predicted molar refractivity (Wildman–Crippen MR) is 81.9 cm³/mol. The summed E-state index contributed by atoms with van der Waals surface area (Å²) < 4.78 is 11.7. The van der Waals surface area contributed by atoms with Crippen LogP contribution in [-0.4, -0.2) is 17.7 Å². The number of amides is 1. The van der Waals surface area contributed by atoms with E-state index in [0.717, 1.165) is 16.0 Å². The van der Waals surface area contributed by atoms with Gasteiger partial charge in [-0.1, -0.05) is 11.3 Å². The van der Waals surface area contributed by atoms with Crippen LogP contribution < -0.4 is 20.5 Å². The summed E-state index contributed by atoms with van der Waals surface area (Å²) >= 11 is 2.89. The van der Waals surface area contributed by atoms with Gasteiger partial charge >= 0.3 is 0 Å². The van der Waals surface area contributed by atoms with Crippen LogP contribution in [0.5, 0.6) is 11.5 Å². The van der Waals surface area contributed by atoms with E-state index in [4.69, 9.17) is 15.2 Å². The Labute approximate surface area is 127 Å². The Hall–Kier alpha value is -2.32. The van der Waals surface area contributed by atoms with Crippen LogP contribution in [0, 0.1) is 0 Å². The molecular weight excluding hydrogens is 310 g/mol. The number of rotatable bonds is 3. The summed E-state index contributed by atoms with van der Waals surface area (Å²) in [6.07, 6.45) is 0. The number of carbonyl (C=O) groups excluding carboxylic acids is 1. The number of thiazole rings is 1. The summed E-state index contributed by atoms with van der Waals surface area (Å²) in [5.74, 6) is 0.973. The molecule has 3 N–H and O–H groups in total. The van der Waals surface area contributed by atoms with Gasteiger partial charge in [0.15, 0.2) is 16.6 Å². The van der Waals surface area contributed by atoms with Gasteiger partial charge in [0, 0.05) is 12.1 Å². The summed E-state index contributed by atoms with van der Waals surface area (Å²) in [5, 5.41) is 6.34. The van der Waals surface area contributed by atoms with Crippen LogP contribution in [0.3, 0.4) is 0 Å². The second-order valence-electron chi connectivity index (χ2n) is 4.34. The number of hydrogen-bond acceptors (Lipinski definition) is 7. The van der Waals surface area contributed by atoms with Gasteiger partial charge in [-0.2, -0.15) is 0 Å². The number of benzene rings is 1. The zero-order valence-corrected chi connectivity index (χ0v) is 12.2. The first-order chi connectivity index (χ1) is 10.2. The molecule has 2 aromatic heterocycles. The molecule has 8 heteroatoms. The fourth-order valence-electron chi connectivity index (χ4n) is 2.07. The minimum atomic E-state index is -0.458. The lowest BCUT2D eigenvalue weighted by Crippen LogP contribution is -2.11. The molecule has 1 amide bonds. The Balaban J connectivity index is 1.71. The zero-order chi connectivity index (χ0) is 14.4. The molecule has 106 valence electrons. The molecule has 0 saturated carbocycles. The summed E-state index contributed by atoms with van der Waals surface area (Å²) in [5.41, 5.74) is 6.62. The molecule has 1 aliphatic rings. The number of fused-ring (bicyclic) bond motifs is 2. The Morgan fingerprint density at radius 2 is 2.14 bits per heavy atom. The highest BCUT2D eigenvalue weighted by Crippen LogP contribution is 2.40. The third kappa shape index (κ3) is 2.08. The largest absolute Gasteiger partial charge is 0.454 e. The van der Waals surface area contributed by atoms with Crippen molar-refractivity contribution in [1.29, 1.82) is 0 Å². The van der Waals surface area contributed by atoms with E-state index in [9.17, 15) is 4.79 Å². The van der Waals surface area contributed by atoms with Gasteiger partial charge in [-0.05, 0) is 11.4 Å². The first-order valence-electron chi connectivity index (χ1n) is 6.05. The smallest absolute Gasteiger partial charge is 0.251 e. The van der Waals surface area contributed by atoms with E-state index in [1.807, 2.05) is 17.5 Å². The van der Waals surface area contributed by atoms with Crippen molar-refractivity contribution in [2.45, 2.75) is 0 Å². The summed E-state index contributed by atoms with van der Waals surface area (Å²) in [4.78, 5) is 15.8. The second-order valence-corrected chi connectivity index (χ2v) is 6.29. The summed E-state index contributed by atoms with van der Waals surface area (Å²) in [6, 6.07) is 5.45. The van der Waals surface area contributed by atoms with Crippen LogP contribution in [-0.2, 0) is 0 Å². The van der Waals surface area contributed by atoms with Gasteiger partial charge < -0.3 is 20.5 Å². The fourth-order valence-corrected chi connectivity index (χ4v) is 3.81. The molecule has 0 saturated heterocycles. The molecule has 1 aromatic carbocycles. The lowest BCUT2D eigenvalue weighted by molar-refractivity contribution is 0.100. The number of carbonyl (C=O) groups is 1. The van der Waals surface area contributed by atoms with Crippen molar-refractivity contribution in [2.75, 3.05) is 12.1 Å². The normalized spacial score (nSPS) is 12.8. The maximum absolute atomic E-state index is 11.3. The van der Waals surface area contributed by atoms with Gasteiger partial charge in [-0.15, -0.1) is 11.3 Å². The van der Waals surface area contributed by atoms with Crippen molar-refractivity contribution in [1.82, 2.24) is 4.98 Å². The van der Waals surface area contributed by atoms with Crippen molar-refractivity contribution >= 4 is 48.9 Å². The van der Waals surface area contributed by atoms with E-state index in [0.29, 0.717) is 21.4 Å². The lowest BCUT2D eigenvalue weighted by atomic mass is 10.3. The van der Waals surface area contributed by atoms with E-state index in [1.54, 1.807) is 6.07 Å². The molecule has 6 nitrogen and oxygen atoms in total. The van der Waals surface area contributed by atoms with E-state index in [-0.39, 0.29) is 6.79 Å². The molecule has 0 radical (unpaired) electrons. The number of thiophene rings is 1. The first kappa shape index (κ1) is 12.4. The zero-order valence-electron chi connectivity index (χ0n) is 10.6. The summed E-state index contributed by atoms with van der Waals surface area (Å²) in [7, 11) is 0. The number of anilines is 2. The third-order valence-electron chi connectivity index (χ3n) is 3.03. The number of ether oxygens (including phenoxy) is 2. The van der Waals surface area contributed by atoms with Crippen molar-refractivity contribution in [3.63, 3.8) is 0 Å². The van der Waals surface area contributed by atoms with Crippen LogP contribution in [0.25, 0.3) is 10.2 Å². The molecule has 0 bridgehead atoms. The first-order valence-corrected chi connectivity index (χ1v) is 7.75. The molecule has 3 aromatic rings. The van der Waals surface area contributed by atoms with E-state index in [1.165, 1.54) is 22.7 Å². The molecule has 0 fully saturated rings. The Morgan fingerprint density at radius 1 is 1.33 bits per heavy atom. The number of primary amides is 1. The molecule has 0 atom stereocenters. The Morgan fingerprint density at radius 3 is 2.95 bits per heavy atom. The Bertz CT molecular complexity index is 815. The van der Waals surface area contributed by atoms with E-state index >= 15 is 0 Å². The summed E-state index contributed by atoms with van der Waals surface area (Å²) in [6.45, 7) is 0.245. The highest BCUT2D eigenvalue weighted by Gasteiger charge is 2.17. The number of nitrogens with one attached hydrogen (secondary N) is 1. The Kier molecular flexibility index (Phi) is 2.72. The third-order valence-corrected chi connectivity index (χ3v) is 4.80. The minimum absolute atomic E-state index is 0.245. The van der Waals surface area contributed by atoms with Gasteiger partial charge in [0.05, 0.1) is 15.8 Å². The number of nitrogens with two attached hydrogens (primary N) is 1. The number of aromatic nitrogens is 1. The van der Waals surface area contributed by atoms with Gasteiger partial charge in [-0.3, -0.25) is 4.79 Å². The van der Waals surface area contributed by atoms with Crippen molar-refractivity contribution in [2.24, 2.45) is 5.73 Å². The van der Waals surface area contributed by atoms with Crippen molar-refractivity contribution in [3.05, 3.63) is 29.1 Å². The highest BCUT2D eigenvalue weighted by molar-refractivity contribution is 7.22. The van der Waals surface area contributed by atoms with Crippen LogP contribution in [0.15, 0.2) is 23.6 Å². The van der Waals surface area contributed by atoms with Crippen molar-refractivity contribution in [3.8, 4) is 11.5 Å².